The minimum Gasteiger partial charge on any atom is -0.493 e. The molecule has 0 aliphatic carbocycles. The fraction of sp³-hybridized carbons (Fsp3) is 0.500. The summed E-state index contributed by atoms with van der Waals surface area (Å²) < 4.78 is 5.43. The molecule has 0 saturated heterocycles. The first-order chi connectivity index (χ1) is 9.02. The van der Waals surface area contributed by atoms with Crippen LogP contribution in [0.3, 0.4) is 0 Å². The van der Waals surface area contributed by atoms with Crippen LogP contribution in [0, 0.1) is 5.92 Å². The van der Waals surface area contributed by atoms with Gasteiger partial charge in [-0.1, -0.05) is 31.5 Å². The van der Waals surface area contributed by atoms with Crippen LogP contribution in [-0.4, -0.2) is 30.3 Å². The van der Waals surface area contributed by atoms with Gasteiger partial charge in [-0.15, -0.1) is 0 Å². The number of hydrogen-bond acceptors (Lipinski definition) is 3. The summed E-state index contributed by atoms with van der Waals surface area (Å²) in [6.07, 6.45) is 0.246. The number of nitrogens with one attached hydrogen (secondary N) is 1. The highest BCUT2D eigenvalue weighted by Gasteiger charge is 2.14. The number of halogens is 1. The summed E-state index contributed by atoms with van der Waals surface area (Å²) >= 11 is 5.82. The van der Waals surface area contributed by atoms with E-state index >= 15 is 0 Å². The maximum absolute atomic E-state index is 11.6. The molecule has 0 aliphatic heterocycles. The normalized spacial score (nSPS) is 12.3. The first-order valence-electron chi connectivity index (χ1n) is 6.31. The number of ether oxygens (including phenoxy) is 1. The predicted molar refractivity (Wildman–Crippen MR) is 75.4 cm³/mol. The summed E-state index contributed by atoms with van der Waals surface area (Å²) in [7, 11) is 0. The lowest BCUT2D eigenvalue weighted by molar-refractivity contribution is -0.122. The van der Waals surface area contributed by atoms with Gasteiger partial charge in [0.1, 0.15) is 5.75 Å². The lowest BCUT2D eigenvalue weighted by Gasteiger charge is -2.19. The molecule has 19 heavy (non-hydrogen) atoms. The second-order valence-electron chi connectivity index (χ2n) is 4.66. The molecule has 1 aromatic carbocycles. The molecule has 1 aromatic rings. The zero-order chi connectivity index (χ0) is 14.3. The summed E-state index contributed by atoms with van der Waals surface area (Å²) in [6.45, 7) is 4.12. The molecular formula is C14H20ClNO3. The molecule has 0 aliphatic rings. The fourth-order valence-electron chi connectivity index (χ4n) is 1.52. The molecule has 5 heteroatoms. The minimum atomic E-state index is -0.210. The number of aliphatic hydroxyl groups excluding tert-OH is 1. The van der Waals surface area contributed by atoms with Gasteiger partial charge in [0.2, 0.25) is 5.91 Å². The molecule has 0 aromatic heterocycles. The largest absolute Gasteiger partial charge is 0.493 e. The van der Waals surface area contributed by atoms with Crippen molar-refractivity contribution >= 4 is 17.5 Å². The Morgan fingerprint density at radius 1 is 1.47 bits per heavy atom. The first kappa shape index (κ1) is 15.8. The summed E-state index contributed by atoms with van der Waals surface area (Å²) in [5.41, 5.74) is 0. The molecule has 1 amide bonds. The fourth-order valence-corrected chi connectivity index (χ4v) is 1.70. The van der Waals surface area contributed by atoms with Crippen molar-refractivity contribution in [3.05, 3.63) is 29.3 Å². The van der Waals surface area contributed by atoms with Crippen molar-refractivity contribution in [1.82, 2.24) is 5.32 Å². The zero-order valence-electron chi connectivity index (χ0n) is 11.2. The van der Waals surface area contributed by atoms with E-state index in [9.17, 15) is 4.79 Å². The lowest BCUT2D eigenvalue weighted by Crippen LogP contribution is -2.41. The average molecular weight is 286 g/mol. The highest BCUT2D eigenvalue weighted by molar-refractivity contribution is 6.30. The van der Waals surface area contributed by atoms with Crippen molar-refractivity contribution in [2.24, 2.45) is 5.92 Å². The van der Waals surface area contributed by atoms with E-state index in [1.165, 1.54) is 0 Å². The van der Waals surface area contributed by atoms with Gasteiger partial charge < -0.3 is 15.2 Å². The van der Waals surface area contributed by atoms with Crippen molar-refractivity contribution in [3.63, 3.8) is 0 Å². The smallest absolute Gasteiger partial charge is 0.223 e. The molecule has 0 spiro atoms. The molecule has 0 fully saturated rings. The standard InChI is InChI=1S/C14H20ClNO3/c1-10(2)13(9-17)16-14(18)6-7-19-12-5-3-4-11(15)8-12/h3-5,8,10,13,17H,6-7,9H2,1-2H3,(H,16,18). The maximum atomic E-state index is 11.6. The van der Waals surface area contributed by atoms with Gasteiger partial charge in [0.15, 0.2) is 0 Å². The number of aliphatic hydroxyl groups is 1. The monoisotopic (exact) mass is 285 g/mol. The molecule has 1 rings (SSSR count). The van der Waals surface area contributed by atoms with Crippen LogP contribution in [0.25, 0.3) is 0 Å². The van der Waals surface area contributed by atoms with Crippen LogP contribution >= 0.6 is 11.6 Å². The summed E-state index contributed by atoms with van der Waals surface area (Å²) in [5.74, 6) is 0.709. The van der Waals surface area contributed by atoms with E-state index < -0.39 is 0 Å². The Kier molecular flexibility index (Phi) is 6.67. The molecule has 0 radical (unpaired) electrons. The Morgan fingerprint density at radius 2 is 2.21 bits per heavy atom. The van der Waals surface area contributed by atoms with Gasteiger partial charge in [0.05, 0.1) is 25.7 Å². The summed E-state index contributed by atoms with van der Waals surface area (Å²) in [5, 5.41) is 12.5. The lowest BCUT2D eigenvalue weighted by atomic mass is 10.1. The average Bonchev–Trinajstić information content (AvgIpc) is 2.35. The molecule has 2 N–H and O–H groups in total. The number of benzene rings is 1. The predicted octanol–water partition coefficient (Wildman–Crippen LogP) is 2.24. The van der Waals surface area contributed by atoms with Gasteiger partial charge in [-0.25, -0.2) is 0 Å². The quantitative estimate of drug-likeness (QED) is 0.808. The Labute approximate surface area is 118 Å². The van der Waals surface area contributed by atoms with Crippen LogP contribution in [0.15, 0.2) is 24.3 Å². The maximum Gasteiger partial charge on any atom is 0.223 e. The van der Waals surface area contributed by atoms with Gasteiger partial charge >= 0.3 is 0 Å². The minimum absolute atomic E-state index is 0.0570. The second kappa shape index (κ2) is 8.02. The molecule has 4 nitrogen and oxygen atoms in total. The Morgan fingerprint density at radius 3 is 2.79 bits per heavy atom. The van der Waals surface area contributed by atoms with Crippen molar-refractivity contribution in [3.8, 4) is 5.75 Å². The van der Waals surface area contributed by atoms with E-state index in [0.717, 1.165) is 0 Å². The topological polar surface area (TPSA) is 58.6 Å². The third-order valence-corrected chi connectivity index (χ3v) is 2.98. The Hall–Kier alpha value is -1.26. The van der Waals surface area contributed by atoms with Gasteiger partial charge in [-0.05, 0) is 24.1 Å². The van der Waals surface area contributed by atoms with Crippen LogP contribution in [0.4, 0.5) is 0 Å². The molecule has 0 saturated carbocycles. The van der Waals surface area contributed by atoms with Gasteiger partial charge in [0, 0.05) is 5.02 Å². The third-order valence-electron chi connectivity index (χ3n) is 2.74. The summed E-state index contributed by atoms with van der Waals surface area (Å²) in [6, 6.07) is 6.82. The molecular weight excluding hydrogens is 266 g/mol. The SMILES string of the molecule is CC(C)C(CO)NC(=O)CCOc1cccc(Cl)c1. The van der Waals surface area contributed by atoms with Crippen molar-refractivity contribution in [1.29, 1.82) is 0 Å². The third kappa shape index (κ3) is 5.94. The number of carbonyl (C=O) groups is 1. The van der Waals surface area contributed by atoms with E-state index in [-0.39, 0.29) is 37.5 Å². The first-order valence-corrected chi connectivity index (χ1v) is 6.69. The van der Waals surface area contributed by atoms with Crippen LogP contribution in [0.1, 0.15) is 20.3 Å². The Balaban J connectivity index is 2.31. The number of amides is 1. The van der Waals surface area contributed by atoms with Crippen molar-refractivity contribution in [2.75, 3.05) is 13.2 Å². The van der Waals surface area contributed by atoms with E-state index in [1.807, 2.05) is 13.8 Å². The van der Waals surface area contributed by atoms with Crippen LogP contribution in [0.2, 0.25) is 5.02 Å². The van der Waals surface area contributed by atoms with E-state index in [2.05, 4.69) is 5.32 Å². The van der Waals surface area contributed by atoms with Crippen LogP contribution in [0.5, 0.6) is 5.75 Å². The molecule has 1 unspecified atom stereocenters. The second-order valence-corrected chi connectivity index (χ2v) is 5.09. The summed E-state index contributed by atoms with van der Waals surface area (Å²) in [4.78, 5) is 11.6. The van der Waals surface area contributed by atoms with E-state index in [4.69, 9.17) is 21.4 Å². The van der Waals surface area contributed by atoms with Gasteiger partial charge in [-0.3, -0.25) is 4.79 Å². The highest BCUT2D eigenvalue weighted by atomic mass is 35.5. The highest BCUT2D eigenvalue weighted by Crippen LogP contribution is 2.17. The number of hydrogen-bond donors (Lipinski definition) is 2. The molecule has 0 bridgehead atoms. The van der Waals surface area contributed by atoms with Crippen molar-refractivity contribution in [2.45, 2.75) is 26.3 Å². The Bertz CT molecular complexity index is 409. The van der Waals surface area contributed by atoms with Crippen molar-refractivity contribution < 1.29 is 14.6 Å². The zero-order valence-corrected chi connectivity index (χ0v) is 12.0. The number of carbonyl (C=O) groups excluding carboxylic acids is 1. The van der Waals surface area contributed by atoms with Crippen LogP contribution < -0.4 is 10.1 Å². The van der Waals surface area contributed by atoms with E-state index in [1.54, 1.807) is 24.3 Å². The van der Waals surface area contributed by atoms with E-state index in [0.29, 0.717) is 10.8 Å². The van der Waals surface area contributed by atoms with Crippen LogP contribution in [-0.2, 0) is 4.79 Å². The molecule has 0 heterocycles. The van der Waals surface area contributed by atoms with Gasteiger partial charge in [0.25, 0.3) is 0 Å². The molecule has 106 valence electrons. The van der Waals surface area contributed by atoms with Gasteiger partial charge in [-0.2, -0.15) is 0 Å². The molecule has 1 atom stereocenters. The number of rotatable bonds is 7.